The number of nitrogens with zero attached hydrogens (tertiary/aromatic N) is 3. The van der Waals surface area contributed by atoms with Gasteiger partial charge in [-0.2, -0.15) is 4.98 Å². The number of halogens is 1. The number of carbonyl (C=O) groups excluding carboxylic acids is 1. The smallest absolute Gasteiger partial charge is 0.264 e. The Morgan fingerprint density at radius 2 is 1.71 bits per heavy atom. The van der Waals surface area contributed by atoms with E-state index in [0.29, 0.717) is 34.0 Å². The summed E-state index contributed by atoms with van der Waals surface area (Å²) in [5, 5.41) is 6.67. The van der Waals surface area contributed by atoms with Crippen LogP contribution in [-0.4, -0.2) is 34.8 Å². The zero-order valence-corrected chi connectivity index (χ0v) is 19.6. The Morgan fingerprint density at radius 1 is 1.06 bits per heavy atom. The molecule has 4 rings (SSSR count). The molecule has 0 bridgehead atoms. The summed E-state index contributed by atoms with van der Waals surface area (Å²) < 4.78 is 30.4. The maximum atomic E-state index is 13.4. The van der Waals surface area contributed by atoms with Gasteiger partial charge in [-0.3, -0.25) is 9.59 Å². The van der Waals surface area contributed by atoms with Gasteiger partial charge < -0.3 is 23.9 Å². The van der Waals surface area contributed by atoms with Crippen molar-refractivity contribution in [3.63, 3.8) is 0 Å². The lowest BCUT2D eigenvalue weighted by atomic mass is 10.1. The van der Waals surface area contributed by atoms with Crippen molar-refractivity contribution in [2.24, 2.45) is 0 Å². The summed E-state index contributed by atoms with van der Waals surface area (Å²) in [6, 6.07) is 12.3. The highest BCUT2D eigenvalue weighted by Crippen LogP contribution is 2.26. The topological polar surface area (TPSA) is 108 Å². The Morgan fingerprint density at radius 3 is 2.34 bits per heavy atom. The van der Waals surface area contributed by atoms with Gasteiger partial charge in [0.2, 0.25) is 11.7 Å². The van der Waals surface area contributed by atoms with Gasteiger partial charge in [-0.1, -0.05) is 5.16 Å². The zero-order chi connectivity index (χ0) is 25.1. The molecular formula is C25H23FN4O5. The van der Waals surface area contributed by atoms with Crippen LogP contribution in [0.3, 0.4) is 0 Å². The predicted octanol–water partition coefficient (Wildman–Crippen LogP) is 3.98. The summed E-state index contributed by atoms with van der Waals surface area (Å²) in [7, 11) is 3.02. The normalized spacial score (nSPS) is 10.8. The van der Waals surface area contributed by atoms with Gasteiger partial charge in [-0.25, -0.2) is 4.39 Å². The van der Waals surface area contributed by atoms with E-state index in [0.717, 1.165) is 0 Å². The maximum absolute atomic E-state index is 13.4. The molecule has 35 heavy (non-hydrogen) atoms. The van der Waals surface area contributed by atoms with Gasteiger partial charge in [0.05, 0.1) is 14.2 Å². The van der Waals surface area contributed by atoms with Gasteiger partial charge in [-0.15, -0.1) is 0 Å². The van der Waals surface area contributed by atoms with Crippen molar-refractivity contribution >= 4 is 11.6 Å². The summed E-state index contributed by atoms with van der Waals surface area (Å²) in [6.45, 7) is 3.24. The lowest BCUT2D eigenvalue weighted by molar-refractivity contribution is -0.116. The molecule has 0 atom stereocenters. The molecule has 0 unspecified atom stereocenters. The number of aromatic nitrogens is 3. The molecule has 0 saturated carbocycles. The number of carbonyl (C=O) groups is 1. The number of hydrogen-bond acceptors (Lipinski definition) is 7. The number of methoxy groups -OCH3 is 2. The third-order valence-electron chi connectivity index (χ3n) is 5.38. The second kappa shape index (κ2) is 9.80. The number of rotatable bonds is 7. The van der Waals surface area contributed by atoms with Gasteiger partial charge in [0.1, 0.15) is 29.4 Å². The number of ether oxygens (including phenoxy) is 2. The van der Waals surface area contributed by atoms with E-state index in [2.05, 4.69) is 15.5 Å². The van der Waals surface area contributed by atoms with E-state index in [9.17, 15) is 14.0 Å². The van der Waals surface area contributed by atoms with E-state index in [-0.39, 0.29) is 29.6 Å². The zero-order valence-electron chi connectivity index (χ0n) is 19.6. The standard InChI is InChI=1S/C25H23FN4O5/c1-14-9-15(2)30(13-21(31)27-18-10-19(33-3)12-20(11-18)34-4)25(32)22(14)24-28-23(29-35-24)16-5-7-17(26)8-6-16/h5-12H,13H2,1-4H3,(H,27,31). The highest BCUT2D eigenvalue weighted by atomic mass is 19.1. The summed E-state index contributed by atoms with van der Waals surface area (Å²) in [5.41, 5.74) is 1.95. The predicted molar refractivity (Wildman–Crippen MR) is 127 cm³/mol. The average Bonchev–Trinajstić information content (AvgIpc) is 3.31. The highest BCUT2D eigenvalue weighted by molar-refractivity contribution is 5.91. The van der Waals surface area contributed by atoms with Crippen LogP contribution in [0.1, 0.15) is 11.3 Å². The molecule has 180 valence electrons. The van der Waals surface area contributed by atoms with Crippen molar-refractivity contribution < 1.29 is 23.2 Å². The number of aryl methyl sites for hydroxylation is 2. The Balaban J connectivity index is 1.63. The number of hydrogen-bond donors (Lipinski definition) is 1. The fourth-order valence-corrected chi connectivity index (χ4v) is 3.65. The van der Waals surface area contributed by atoms with E-state index < -0.39 is 11.5 Å². The van der Waals surface area contributed by atoms with E-state index >= 15 is 0 Å². The molecule has 0 aliphatic carbocycles. The fourth-order valence-electron chi connectivity index (χ4n) is 3.65. The number of pyridine rings is 1. The van der Waals surface area contributed by atoms with Gasteiger partial charge in [0.15, 0.2) is 0 Å². The largest absolute Gasteiger partial charge is 0.497 e. The van der Waals surface area contributed by atoms with Crippen molar-refractivity contribution in [2.45, 2.75) is 20.4 Å². The second-order valence-electron chi connectivity index (χ2n) is 7.81. The Hall–Kier alpha value is -4.47. The summed E-state index contributed by atoms with van der Waals surface area (Å²) in [6.07, 6.45) is 0. The van der Waals surface area contributed by atoms with Crippen molar-refractivity contribution in [2.75, 3.05) is 19.5 Å². The fraction of sp³-hybridized carbons (Fsp3) is 0.200. The minimum Gasteiger partial charge on any atom is -0.497 e. The van der Waals surface area contributed by atoms with Crippen LogP contribution in [0, 0.1) is 19.7 Å². The maximum Gasteiger partial charge on any atom is 0.264 e. The van der Waals surface area contributed by atoms with Crippen LogP contribution < -0.4 is 20.3 Å². The molecule has 0 spiro atoms. The van der Waals surface area contributed by atoms with E-state index in [1.54, 1.807) is 38.1 Å². The highest BCUT2D eigenvalue weighted by Gasteiger charge is 2.20. The minimum absolute atomic E-state index is 0.0125. The molecule has 2 heterocycles. The summed E-state index contributed by atoms with van der Waals surface area (Å²) in [5.74, 6) is 0.449. The first-order valence-corrected chi connectivity index (χ1v) is 10.6. The number of amides is 1. The van der Waals surface area contributed by atoms with Crippen LogP contribution in [0.2, 0.25) is 0 Å². The van der Waals surface area contributed by atoms with Gasteiger partial charge in [-0.05, 0) is 49.7 Å². The molecule has 2 aromatic heterocycles. The molecule has 1 N–H and O–H groups in total. The van der Waals surface area contributed by atoms with Gasteiger partial charge in [0, 0.05) is 35.1 Å². The molecule has 0 saturated heterocycles. The van der Waals surface area contributed by atoms with Crippen LogP contribution in [-0.2, 0) is 11.3 Å². The third kappa shape index (κ3) is 5.06. The van der Waals surface area contributed by atoms with Crippen molar-refractivity contribution in [3.8, 4) is 34.3 Å². The summed E-state index contributed by atoms with van der Waals surface area (Å²) in [4.78, 5) is 30.5. The lowest BCUT2D eigenvalue weighted by Crippen LogP contribution is -2.30. The monoisotopic (exact) mass is 478 g/mol. The van der Waals surface area contributed by atoms with Gasteiger partial charge >= 0.3 is 0 Å². The number of benzene rings is 2. The third-order valence-corrected chi connectivity index (χ3v) is 5.38. The van der Waals surface area contributed by atoms with E-state index in [1.165, 1.54) is 43.1 Å². The van der Waals surface area contributed by atoms with Crippen LogP contribution in [0.5, 0.6) is 11.5 Å². The molecule has 0 aliphatic heterocycles. The lowest BCUT2D eigenvalue weighted by Gasteiger charge is -2.14. The molecular weight excluding hydrogens is 455 g/mol. The van der Waals surface area contributed by atoms with E-state index in [1.807, 2.05) is 0 Å². The van der Waals surface area contributed by atoms with Crippen LogP contribution in [0.15, 0.2) is 57.8 Å². The minimum atomic E-state index is -0.449. The molecule has 0 aliphatic rings. The second-order valence-corrected chi connectivity index (χ2v) is 7.81. The van der Waals surface area contributed by atoms with Crippen LogP contribution >= 0.6 is 0 Å². The molecule has 2 aromatic carbocycles. The first-order chi connectivity index (χ1) is 16.8. The van der Waals surface area contributed by atoms with Gasteiger partial charge in [0.25, 0.3) is 11.4 Å². The quantitative estimate of drug-likeness (QED) is 0.428. The number of nitrogens with one attached hydrogen (secondary N) is 1. The van der Waals surface area contributed by atoms with E-state index in [4.69, 9.17) is 14.0 Å². The molecule has 0 radical (unpaired) electrons. The van der Waals surface area contributed by atoms with Crippen LogP contribution in [0.4, 0.5) is 10.1 Å². The molecule has 10 heteroatoms. The molecule has 9 nitrogen and oxygen atoms in total. The van der Waals surface area contributed by atoms with Crippen molar-refractivity contribution in [3.05, 3.63) is 76.0 Å². The first-order valence-electron chi connectivity index (χ1n) is 10.6. The molecule has 0 fully saturated rings. The SMILES string of the molecule is COc1cc(NC(=O)Cn2c(C)cc(C)c(-c3nc(-c4ccc(F)cc4)no3)c2=O)cc(OC)c1. The van der Waals surface area contributed by atoms with Crippen LogP contribution in [0.25, 0.3) is 22.8 Å². The average molecular weight is 478 g/mol. The Kier molecular flexibility index (Phi) is 6.63. The first kappa shape index (κ1) is 23.7. The number of anilines is 1. The molecule has 1 amide bonds. The van der Waals surface area contributed by atoms with Crippen molar-refractivity contribution in [1.29, 1.82) is 0 Å². The Labute approximate surface area is 200 Å². The molecule has 4 aromatic rings. The Bertz CT molecular complexity index is 1420. The summed E-state index contributed by atoms with van der Waals surface area (Å²) >= 11 is 0. The van der Waals surface area contributed by atoms with Crippen molar-refractivity contribution in [1.82, 2.24) is 14.7 Å².